The largest absolute Gasteiger partial charge is 0.397 e. The molecule has 0 spiro atoms. The van der Waals surface area contributed by atoms with Crippen molar-refractivity contribution in [2.24, 2.45) is 5.41 Å². The molecule has 1 aromatic heterocycles. The first kappa shape index (κ1) is 12.4. The molecule has 1 aromatic rings. The molecule has 0 bridgehead atoms. The molecule has 17 heavy (non-hydrogen) atoms. The quantitative estimate of drug-likeness (QED) is 0.840. The summed E-state index contributed by atoms with van der Waals surface area (Å²) in [6, 6.07) is 3.90. The molecule has 0 saturated heterocycles. The van der Waals surface area contributed by atoms with Gasteiger partial charge in [-0.25, -0.2) is 0 Å². The molecule has 3 heteroatoms. The van der Waals surface area contributed by atoms with Crippen molar-refractivity contribution >= 4 is 5.69 Å². The van der Waals surface area contributed by atoms with Gasteiger partial charge in [-0.05, 0) is 30.4 Å². The summed E-state index contributed by atoms with van der Waals surface area (Å²) in [5.74, 6) is 0. The molecule has 3 N–H and O–H groups in total. The minimum absolute atomic E-state index is 0.492. The zero-order chi connectivity index (χ0) is 12.1. The average molecular weight is 233 g/mol. The van der Waals surface area contributed by atoms with E-state index in [1.165, 1.54) is 32.1 Å². The maximum absolute atomic E-state index is 5.61. The maximum atomic E-state index is 5.61. The van der Waals surface area contributed by atoms with Crippen molar-refractivity contribution in [3.8, 4) is 0 Å². The zero-order valence-electron chi connectivity index (χ0n) is 10.7. The highest BCUT2D eigenvalue weighted by molar-refractivity contribution is 5.34. The van der Waals surface area contributed by atoms with Crippen molar-refractivity contribution in [1.82, 2.24) is 10.3 Å². The molecule has 0 amide bonds. The number of hydrogen-bond donors (Lipinski definition) is 2. The van der Waals surface area contributed by atoms with E-state index in [1.54, 1.807) is 6.20 Å². The van der Waals surface area contributed by atoms with Gasteiger partial charge in [0.1, 0.15) is 0 Å². The van der Waals surface area contributed by atoms with E-state index in [1.807, 2.05) is 12.1 Å². The van der Waals surface area contributed by atoms with Crippen LogP contribution in [0.3, 0.4) is 0 Å². The summed E-state index contributed by atoms with van der Waals surface area (Å²) in [5, 5.41) is 3.53. The first-order valence-electron chi connectivity index (χ1n) is 6.59. The molecular formula is C14H23N3. The van der Waals surface area contributed by atoms with Crippen LogP contribution in [-0.2, 0) is 6.54 Å². The third-order valence-electron chi connectivity index (χ3n) is 3.77. The molecule has 0 unspecified atom stereocenters. The van der Waals surface area contributed by atoms with Gasteiger partial charge < -0.3 is 11.1 Å². The van der Waals surface area contributed by atoms with Gasteiger partial charge in [0.05, 0.1) is 17.6 Å². The van der Waals surface area contributed by atoms with Gasteiger partial charge in [-0.2, -0.15) is 0 Å². The van der Waals surface area contributed by atoms with E-state index in [9.17, 15) is 0 Å². The van der Waals surface area contributed by atoms with E-state index in [0.29, 0.717) is 5.41 Å². The smallest absolute Gasteiger partial charge is 0.0543 e. The summed E-state index contributed by atoms with van der Waals surface area (Å²) in [5.41, 5.74) is 7.90. The molecular weight excluding hydrogens is 210 g/mol. The van der Waals surface area contributed by atoms with Crippen molar-refractivity contribution in [3.05, 3.63) is 24.0 Å². The Bertz CT molecular complexity index is 339. The van der Waals surface area contributed by atoms with Crippen LogP contribution >= 0.6 is 0 Å². The molecule has 0 aliphatic heterocycles. The molecule has 0 radical (unpaired) electrons. The summed E-state index contributed by atoms with van der Waals surface area (Å²) < 4.78 is 0. The highest BCUT2D eigenvalue weighted by Crippen LogP contribution is 2.34. The Morgan fingerprint density at radius 1 is 1.29 bits per heavy atom. The molecule has 1 heterocycles. The van der Waals surface area contributed by atoms with Gasteiger partial charge in [-0.15, -0.1) is 0 Å². The lowest BCUT2D eigenvalue weighted by Gasteiger charge is -2.33. The minimum atomic E-state index is 0.492. The molecule has 0 aromatic carbocycles. The predicted molar refractivity (Wildman–Crippen MR) is 71.5 cm³/mol. The lowest BCUT2D eigenvalue weighted by atomic mass is 9.76. The van der Waals surface area contributed by atoms with Gasteiger partial charge in [0, 0.05) is 13.1 Å². The Morgan fingerprint density at radius 2 is 2.06 bits per heavy atom. The monoisotopic (exact) mass is 233 g/mol. The summed E-state index contributed by atoms with van der Waals surface area (Å²) in [4.78, 5) is 4.30. The Balaban J connectivity index is 1.77. The Hall–Kier alpha value is -1.09. The van der Waals surface area contributed by atoms with Gasteiger partial charge >= 0.3 is 0 Å². The second-order valence-electron chi connectivity index (χ2n) is 5.56. The number of hydrogen-bond acceptors (Lipinski definition) is 3. The molecule has 94 valence electrons. The van der Waals surface area contributed by atoms with Gasteiger partial charge in [-0.3, -0.25) is 4.98 Å². The first-order chi connectivity index (χ1) is 8.18. The fourth-order valence-corrected chi connectivity index (χ4v) is 2.61. The lowest BCUT2D eigenvalue weighted by molar-refractivity contribution is 0.207. The third-order valence-corrected chi connectivity index (χ3v) is 3.77. The number of pyridine rings is 1. The minimum Gasteiger partial charge on any atom is -0.397 e. The number of rotatable bonds is 4. The van der Waals surface area contributed by atoms with Crippen molar-refractivity contribution in [2.75, 3.05) is 12.3 Å². The van der Waals surface area contributed by atoms with E-state index in [4.69, 9.17) is 5.73 Å². The van der Waals surface area contributed by atoms with Gasteiger partial charge in [-0.1, -0.05) is 26.2 Å². The summed E-state index contributed by atoms with van der Waals surface area (Å²) in [6.07, 6.45) is 8.62. The van der Waals surface area contributed by atoms with Crippen LogP contribution in [0.2, 0.25) is 0 Å². The zero-order valence-corrected chi connectivity index (χ0v) is 10.7. The first-order valence-corrected chi connectivity index (χ1v) is 6.59. The fourth-order valence-electron chi connectivity index (χ4n) is 2.61. The number of anilines is 1. The molecule has 0 atom stereocenters. The number of nitrogens with one attached hydrogen (secondary N) is 1. The number of nitrogens with two attached hydrogens (primary N) is 1. The molecule has 1 saturated carbocycles. The van der Waals surface area contributed by atoms with Crippen LogP contribution in [0.5, 0.6) is 0 Å². The van der Waals surface area contributed by atoms with Crippen LogP contribution in [-0.4, -0.2) is 11.5 Å². The van der Waals surface area contributed by atoms with Crippen LogP contribution in [0.4, 0.5) is 5.69 Å². The molecule has 1 aliphatic carbocycles. The number of aromatic nitrogens is 1. The van der Waals surface area contributed by atoms with Crippen molar-refractivity contribution < 1.29 is 0 Å². The number of nitrogen functional groups attached to an aromatic ring is 1. The Labute approximate surface area is 104 Å². The third kappa shape index (κ3) is 3.70. The Kier molecular flexibility index (Phi) is 4.00. The topological polar surface area (TPSA) is 50.9 Å². The Morgan fingerprint density at radius 3 is 2.71 bits per heavy atom. The molecule has 1 fully saturated rings. The standard InChI is InChI=1S/C14H23N3/c1-14(7-3-2-4-8-14)11-16-10-13-6-5-12(15)9-17-13/h5-6,9,16H,2-4,7-8,10-11,15H2,1H3. The van der Waals surface area contributed by atoms with E-state index in [-0.39, 0.29) is 0 Å². The SMILES string of the molecule is CC1(CNCc2ccc(N)cn2)CCCCC1. The van der Waals surface area contributed by atoms with Crippen LogP contribution < -0.4 is 11.1 Å². The van der Waals surface area contributed by atoms with Crippen LogP contribution in [0.15, 0.2) is 18.3 Å². The predicted octanol–water partition coefficient (Wildman–Crippen LogP) is 2.72. The molecule has 3 nitrogen and oxygen atoms in total. The maximum Gasteiger partial charge on any atom is 0.0543 e. The van der Waals surface area contributed by atoms with Crippen LogP contribution in [0.25, 0.3) is 0 Å². The van der Waals surface area contributed by atoms with Gasteiger partial charge in [0.15, 0.2) is 0 Å². The van der Waals surface area contributed by atoms with E-state index < -0.39 is 0 Å². The normalized spacial score (nSPS) is 19.1. The second kappa shape index (κ2) is 5.50. The molecule has 1 aliphatic rings. The fraction of sp³-hybridized carbons (Fsp3) is 0.643. The number of nitrogens with zero attached hydrogens (tertiary/aromatic N) is 1. The average Bonchev–Trinajstić information content (AvgIpc) is 2.32. The van der Waals surface area contributed by atoms with Crippen molar-refractivity contribution in [2.45, 2.75) is 45.6 Å². The summed E-state index contributed by atoms with van der Waals surface area (Å²) in [7, 11) is 0. The van der Waals surface area contributed by atoms with E-state index in [2.05, 4.69) is 17.2 Å². The molecule has 2 rings (SSSR count). The summed E-state index contributed by atoms with van der Waals surface area (Å²) in [6.45, 7) is 4.34. The van der Waals surface area contributed by atoms with Crippen molar-refractivity contribution in [3.63, 3.8) is 0 Å². The highest BCUT2D eigenvalue weighted by Gasteiger charge is 2.25. The van der Waals surface area contributed by atoms with Crippen LogP contribution in [0.1, 0.15) is 44.7 Å². The highest BCUT2D eigenvalue weighted by atomic mass is 14.9. The van der Waals surface area contributed by atoms with E-state index in [0.717, 1.165) is 24.5 Å². The van der Waals surface area contributed by atoms with Crippen molar-refractivity contribution in [1.29, 1.82) is 0 Å². The second-order valence-corrected chi connectivity index (χ2v) is 5.56. The lowest BCUT2D eigenvalue weighted by Crippen LogP contribution is -2.33. The van der Waals surface area contributed by atoms with Crippen LogP contribution in [0, 0.1) is 5.41 Å². The van der Waals surface area contributed by atoms with Gasteiger partial charge in [0.2, 0.25) is 0 Å². The van der Waals surface area contributed by atoms with Gasteiger partial charge in [0.25, 0.3) is 0 Å². The summed E-state index contributed by atoms with van der Waals surface area (Å²) >= 11 is 0. The van der Waals surface area contributed by atoms with E-state index >= 15 is 0 Å².